The van der Waals surface area contributed by atoms with E-state index in [2.05, 4.69) is 46.0 Å². The number of likely N-dealkylation sites (tertiary alicyclic amines) is 1. The van der Waals surface area contributed by atoms with Crippen LogP contribution in [0.4, 0.5) is 0 Å². The molecule has 2 aliphatic rings. The molecule has 0 aromatic heterocycles. The average Bonchev–Trinajstić information content (AvgIpc) is 3.23. The number of carbonyl (C=O) groups excluding carboxylic acids is 1. The number of nitrogens with zero attached hydrogens (tertiary/aromatic N) is 2. The quantitative estimate of drug-likeness (QED) is 0.358. The summed E-state index contributed by atoms with van der Waals surface area (Å²) in [4.78, 5) is 18.7. The van der Waals surface area contributed by atoms with Gasteiger partial charge >= 0.3 is 0 Å². The second kappa shape index (κ2) is 12.3. The highest BCUT2D eigenvalue weighted by atomic mass is 127. The van der Waals surface area contributed by atoms with Gasteiger partial charge in [0, 0.05) is 33.3 Å². The Morgan fingerprint density at radius 3 is 2.57 bits per heavy atom. The van der Waals surface area contributed by atoms with Crippen LogP contribution in [0.25, 0.3) is 0 Å². The average molecular weight is 500 g/mol. The van der Waals surface area contributed by atoms with E-state index in [4.69, 9.17) is 4.74 Å². The number of guanidine groups is 1. The number of ether oxygens (including phenoxy) is 1. The summed E-state index contributed by atoms with van der Waals surface area (Å²) in [6.07, 6.45) is 5.72. The minimum Gasteiger partial charge on any atom is -0.376 e. The van der Waals surface area contributed by atoms with E-state index in [1.54, 1.807) is 7.05 Å². The first-order chi connectivity index (χ1) is 13.2. The van der Waals surface area contributed by atoms with Gasteiger partial charge in [-0.2, -0.15) is 0 Å². The summed E-state index contributed by atoms with van der Waals surface area (Å²) >= 11 is 0. The molecule has 2 aliphatic heterocycles. The SMILES string of the molecule is CN=C(NCC(=O)N1CCC(Cc2ccccc2)CC1)NCC1CCCO1.I. The van der Waals surface area contributed by atoms with Gasteiger partial charge in [-0.3, -0.25) is 9.79 Å². The fraction of sp³-hybridized carbons (Fsp3) is 0.619. The largest absolute Gasteiger partial charge is 0.376 e. The molecule has 6 nitrogen and oxygen atoms in total. The van der Waals surface area contributed by atoms with Crippen molar-refractivity contribution < 1.29 is 9.53 Å². The van der Waals surface area contributed by atoms with Crippen LogP contribution in [0.3, 0.4) is 0 Å². The van der Waals surface area contributed by atoms with Crippen molar-refractivity contribution in [3.8, 4) is 0 Å². The van der Waals surface area contributed by atoms with E-state index in [1.165, 1.54) is 5.56 Å². The minimum absolute atomic E-state index is 0. The lowest BCUT2D eigenvalue weighted by atomic mass is 9.90. The lowest BCUT2D eigenvalue weighted by Gasteiger charge is -2.32. The van der Waals surface area contributed by atoms with Gasteiger partial charge in [0.25, 0.3) is 0 Å². The number of piperidine rings is 1. The van der Waals surface area contributed by atoms with Crippen molar-refractivity contribution in [2.45, 2.75) is 38.2 Å². The molecule has 0 radical (unpaired) electrons. The topological polar surface area (TPSA) is 66.0 Å². The lowest BCUT2D eigenvalue weighted by Crippen LogP contribution is -2.48. The van der Waals surface area contributed by atoms with E-state index in [0.29, 0.717) is 11.9 Å². The molecular weight excluding hydrogens is 467 g/mol. The third-order valence-corrected chi connectivity index (χ3v) is 5.49. The fourth-order valence-electron chi connectivity index (χ4n) is 3.84. The summed E-state index contributed by atoms with van der Waals surface area (Å²) in [5, 5.41) is 6.38. The zero-order valence-corrected chi connectivity index (χ0v) is 19.1. The number of hydrogen-bond donors (Lipinski definition) is 2. The second-order valence-electron chi connectivity index (χ2n) is 7.46. The molecule has 156 valence electrons. The zero-order chi connectivity index (χ0) is 18.9. The van der Waals surface area contributed by atoms with Gasteiger partial charge in [-0.15, -0.1) is 24.0 Å². The predicted octanol–water partition coefficient (Wildman–Crippen LogP) is 2.43. The summed E-state index contributed by atoms with van der Waals surface area (Å²) in [5.74, 6) is 1.48. The van der Waals surface area contributed by atoms with Crippen LogP contribution in [0.5, 0.6) is 0 Å². The van der Waals surface area contributed by atoms with Crippen LogP contribution in [0.2, 0.25) is 0 Å². The smallest absolute Gasteiger partial charge is 0.241 e. The zero-order valence-electron chi connectivity index (χ0n) is 16.7. The highest BCUT2D eigenvalue weighted by Crippen LogP contribution is 2.21. The Hall–Kier alpha value is -1.35. The number of rotatable bonds is 6. The van der Waals surface area contributed by atoms with Crippen molar-refractivity contribution in [3.05, 3.63) is 35.9 Å². The van der Waals surface area contributed by atoms with E-state index in [0.717, 1.165) is 58.3 Å². The van der Waals surface area contributed by atoms with Crippen LogP contribution in [-0.4, -0.2) is 62.7 Å². The van der Waals surface area contributed by atoms with Gasteiger partial charge in [0.2, 0.25) is 5.91 Å². The van der Waals surface area contributed by atoms with Crippen molar-refractivity contribution in [1.82, 2.24) is 15.5 Å². The Morgan fingerprint density at radius 1 is 1.18 bits per heavy atom. The normalized spacial score (nSPS) is 20.5. The molecule has 2 saturated heterocycles. The van der Waals surface area contributed by atoms with E-state index in [-0.39, 0.29) is 42.5 Å². The van der Waals surface area contributed by atoms with Gasteiger partial charge in [0.05, 0.1) is 12.6 Å². The van der Waals surface area contributed by atoms with Crippen molar-refractivity contribution in [2.24, 2.45) is 10.9 Å². The number of amides is 1. The maximum atomic E-state index is 12.5. The molecule has 28 heavy (non-hydrogen) atoms. The monoisotopic (exact) mass is 500 g/mol. The minimum atomic E-state index is 0. The first-order valence-electron chi connectivity index (χ1n) is 10.1. The van der Waals surface area contributed by atoms with E-state index >= 15 is 0 Å². The van der Waals surface area contributed by atoms with E-state index < -0.39 is 0 Å². The Kier molecular flexibility index (Phi) is 10.0. The molecule has 0 spiro atoms. The van der Waals surface area contributed by atoms with Crippen molar-refractivity contribution in [2.75, 3.05) is 39.8 Å². The molecular formula is C21H33IN4O2. The van der Waals surface area contributed by atoms with Gasteiger partial charge in [-0.1, -0.05) is 30.3 Å². The number of nitrogens with one attached hydrogen (secondary N) is 2. The molecule has 1 amide bonds. The summed E-state index contributed by atoms with van der Waals surface area (Å²) < 4.78 is 5.60. The van der Waals surface area contributed by atoms with Crippen molar-refractivity contribution >= 4 is 35.8 Å². The second-order valence-corrected chi connectivity index (χ2v) is 7.46. The van der Waals surface area contributed by atoms with Crippen LogP contribution >= 0.6 is 24.0 Å². The molecule has 1 unspecified atom stereocenters. The summed E-state index contributed by atoms with van der Waals surface area (Å²) in [6, 6.07) is 10.6. The number of carbonyl (C=O) groups is 1. The molecule has 3 rings (SSSR count). The summed E-state index contributed by atoms with van der Waals surface area (Å²) in [5.41, 5.74) is 1.39. The van der Waals surface area contributed by atoms with Gasteiger partial charge in [0.1, 0.15) is 0 Å². The van der Waals surface area contributed by atoms with Crippen molar-refractivity contribution in [3.63, 3.8) is 0 Å². The molecule has 2 fully saturated rings. The Labute approximate surface area is 185 Å². The highest BCUT2D eigenvalue weighted by Gasteiger charge is 2.23. The predicted molar refractivity (Wildman–Crippen MR) is 123 cm³/mol. The first-order valence-corrected chi connectivity index (χ1v) is 10.1. The lowest BCUT2D eigenvalue weighted by molar-refractivity contribution is -0.131. The molecule has 0 saturated carbocycles. The van der Waals surface area contributed by atoms with E-state index in [1.807, 2.05) is 4.90 Å². The maximum absolute atomic E-state index is 12.5. The van der Waals surface area contributed by atoms with Crippen LogP contribution in [0.1, 0.15) is 31.2 Å². The number of halogens is 1. The molecule has 0 bridgehead atoms. The fourth-order valence-corrected chi connectivity index (χ4v) is 3.84. The Bertz CT molecular complexity index is 612. The standard InChI is InChI=1S/C21H32N4O2.HI/c1-22-21(23-15-19-8-5-13-27-19)24-16-20(26)25-11-9-18(10-12-25)14-17-6-3-2-4-7-17;/h2-4,6-7,18-19H,5,8-16H2,1H3,(H2,22,23,24);1H. The molecule has 2 heterocycles. The van der Waals surface area contributed by atoms with E-state index in [9.17, 15) is 4.79 Å². The number of hydrogen-bond acceptors (Lipinski definition) is 3. The third-order valence-electron chi connectivity index (χ3n) is 5.49. The van der Waals surface area contributed by atoms with Crippen LogP contribution < -0.4 is 10.6 Å². The van der Waals surface area contributed by atoms with Gasteiger partial charge in [-0.05, 0) is 43.6 Å². The molecule has 7 heteroatoms. The maximum Gasteiger partial charge on any atom is 0.241 e. The Morgan fingerprint density at radius 2 is 1.93 bits per heavy atom. The third kappa shape index (κ3) is 7.24. The van der Waals surface area contributed by atoms with Crippen LogP contribution in [0, 0.1) is 5.92 Å². The van der Waals surface area contributed by atoms with Gasteiger partial charge < -0.3 is 20.3 Å². The Balaban J connectivity index is 0.00000280. The molecule has 1 aromatic rings. The summed E-state index contributed by atoms with van der Waals surface area (Å²) in [6.45, 7) is 3.56. The molecule has 1 aromatic carbocycles. The summed E-state index contributed by atoms with van der Waals surface area (Å²) in [7, 11) is 1.73. The number of benzene rings is 1. The number of aliphatic imine (C=N–C) groups is 1. The molecule has 1 atom stereocenters. The first kappa shape index (κ1) is 22.9. The van der Waals surface area contributed by atoms with Crippen LogP contribution in [0.15, 0.2) is 35.3 Å². The van der Waals surface area contributed by atoms with Gasteiger partial charge in [0.15, 0.2) is 5.96 Å². The van der Waals surface area contributed by atoms with Crippen molar-refractivity contribution in [1.29, 1.82) is 0 Å². The molecule has 0 aliphatic carbocycles. The highest BCUT2D eigenvalue weighted by molar-refractivity contribution is 14.0. The van der Waals surface area contributed by atoms with Gasteiger partial charge in [-0.25, -0.2) is 0 Å². The van der Waals surface area contributed by atoms with Crippen LogP contribution in [-0.2, 0) is 16.0 Å². The molecule has 2 N–H and O–H groups in total.